The van der Waals surface area contributed by atoms with Crippen LogP contribution in [0.4, 0.5) is 0 Å². The van der Waals surface area contributed by atoms with E-state index in [0.717, 1.165) is 37.7 Å². The van der Waals surface area contributed by atoms with Crippen molar-refractivity contribution in [3.63, 3.8) is 0 Å². The Morgan fingerprint density at radius 2 is 1.93 bits per heavy atom. The highest BCUT2D eigenvalue weighted by molar-refractivity contribution is 5.40. The Labute approximate surface area is 172 Å². The van der Waals surface area contributed by atoms with Crippen LogP contribution in [0.25, 0.3) is 0 Å². The minimum Gasteiger partial charge on any atom is -0.508 e. The number of phenolic OH excluding ortho intramolecular Hbond substituents is 2. The first-order chi connectivity index (χ1) is 14.0. The van der Waals surface area contributed by atoms with E-state index in [2.05, 4.69) is 18.3 Å². The first kappa shape index (κ1) is 19.0. The van der Waals surface area contributed by atoms with E-state index in [1.165, 1.54) is 11.1 Å². The Kier molecular flexibility index (Phi) is 4.60. The van der Waals surface area contributed by atoms with Gasteiger partial charge in [0.2, 0.25) is 0 Å². The molecule has 3 aliphatic carbocycles. The quantitative estimate of drug-likeness (QED) is 0.634. The SMILES string of the molecule is C[C@]12CCC3c4ccc(O)cc4CCC3C1CC(NCc1ccccc1O)[C@@H]2O. The molecule has 29 heavy (non-hydrogen) atoms. The van der Waals surface area contributed by atoms with Crippen molar-refractivity contribution in [2.24, 2.45) is 17.3 Å². The Morgan fingerprint density at radius 1 is 1.10 bits per heavy atom. The molecule has 6 atom stereocenters. The molecule has 0 radical (unpaired) electrons. The molecule has 0 saturated heterocycles. The van der Waals surface area contributed by atoms with Gasteiger partial charge in [-0.25, -0.2) is 0 Å². The number of phenols is 2. The summed E-state index contributed by atoms with van der Waals surface area (Å²) < 4.78 is 0. The summed E-state index contributed by atoms with van der Waals surface area (Å²) in [6.45, 7) is 2.86. The summed E-state index contributed by atoms with van der Waals surface area (Å²) in [5.74, 6) is 2.31. The molecular formula is C25H31NO3. The standard InChI is InChI=1S/C25H31NO3/c1-25-11-10-19-18-9-7-17(27)12-15(18)6-8-20(19)21(25)13-22(24(25)29)26-14-16-4-2-3-5-23(16)28/h2-5,7,9,12,19-22,24,26-29H,6,8,10-11,13-14H2,1H3/t19?,20?,21?,22?,24-,25-/m0/s1. The lowest BCUT2D eigenvalue weighted by molar-refractivity contribution is -0.0281. The molecule has 0 aromatic heterocycles. The minimum atomic E-state index is -0.361. The number of para-hydroxylation sites is 1. The first-order valence-corrected chi connectivity index (χ1v) is 11.0. The predicted octanol–water partition coefficient (Wildman–Crippen LogP) is 4.08. The summed E-state index contributed by atoms with van der Waals surface area (Å²) in [6, 6.07) is 13.4. The van der Waals surface area contributed by atoms with Crippen LogP contribution >= 0.6 is 0 Å². The van der Waals surface area contributed by atoms with E-state index in [1.54, 1.807) is 6.07 Å². The number of aryl methyl sites for hydroxylation is 1. The van der Waals surface area contributed by atoms with E-state index >= 15 is 0 Å². The predicted molar refractivity (Wildman–Crippen MR) is 113 cm³/mol. The molecule has 154 valence electrons. The fourth-order valence-electron chi connectivity index (χ4n) is 6.69. The Bertz CT molecular complexity index is 913. The molecule has 0 heterocycles. The van der Waals surface area contributed by atoms with Crippen molar-refractivity contribution in [3.05, 3.63) is 59.2 Å². The van der Waals surface area contributed by atoms with E-state index in [9.17, 15) is 15.3 Å². The molecule has 4 unspecified atom stereocenters. The van der Waals surface area contributed by atoms with Crippen LogP contribution in [0, 0.1) is 17.3 Å². The summed E-state index contributed by atoms with van der Waals surface area (Å²) in [5.41, 5.74) is 3.55. The summed E-state index contributed by atoms with van der Waals surface area (Å²) in [5, 5.41) is 34.7. The molecule has 4 N–H and O–H groups in total. The molecule has 2 aromatic carbocycles. The summed E-state index contributed by atoms with van der Waals surface area (Å²) in [7, 11) is 0. The number of hydrogen-bond donors (Lipinski definition) is 4. The third-order valence-electron chi connectivity index (χ3n) is 8.26. The number of aliphatic hydroxyl groups is 1. The normalized spacial score (nSPS) is 35.6. The number of aliphatic hydroxyl groups excluding tert-OH is 1. The number of aromatic hydroxyl groups is 2. The highest BCUT2D eigenvalue weighted by Crippen LogP contribution is 2.61. The second-order valence-corrected chi connectivity index (χ2v) is 9.64. The first-order valence-electron chi connectivity index (χ1n) is 11.0. The third kappa shape index (κ3) is 3.04. The molecule has 2 saturated carbocycles. The topological polar surface area (TPSA) is 72.7 Å². The van der Waals surface area contributed by atoms with Crippen molar-refractivity contribution in [2.45, 2.75) is 63.6 Å². The van der Waals surface area contributed by atoms with Crippen LogP contribution in [-0.4, -0.2) is 27.5 Å². The summed E-state index contributed by atoms with van der Waals surface area (Å²) >= 11 is 0. The van der Waals surface area contributed by atoms with Crippen molar-refractivity contribution in [1.29, 1.82) is 0 Å². The van der Waals surface area contributed by atoms with Crippen molar-refractivity contribution in [2.75, 3.05) is 0 Å². The van der Waals surface area contributed by atoms with Crippen molar-refractivity contribution in [3.8, 4) is 11.5 Å². The van der Waals surface area contributed by atoms with Crippen LogP contribution in [0.15, 0.2) is 42.5 Å². The number of nitrogens with one attached hydrogen (secondary N) is 1. The average molecular weight is 394 g/mol. The smallest absolute Gasteiger partial charge is 0.120 e. The Balaban J connectivity index is 1.36. The molecule has 2 fully saturated rings. The Morgan fingerprint density at radius 3 is 2.76 bits per heavy atom. The van der Waals surface area contributed by atoms with Crippen LogP contribution in [-0.2, 0) is 13.0 Å². The van der Waals surface area contributed by atoms with E-state index in [1.807, 2.05) is 30.3 Å². The average Bonchev–Trinajstić information content (AvgIpc) is 2.98. The van der Waals surface area contributed by atoms with Crippen LogP contribution < -0.4 is 5.32 Å². The van der Waals surface area contributed by atoms with Crippen molar-refractivity contribution in [1.82, 2.24) is 5.32 Å². The van der Waals surface area contributed by atoms with Gasteiger partial charge in [0, 0.05) is 18.2 Å². The van der Waals surface area contributed by atoms with Gasteiger partial charge in [-0.05, 0) is 84.6 Å². The molecular weight excluding hydrogens is 362 g/mol. The van der Waals surface area contributed by atoms with Gasteiger partial charge >= 0.3 is 0 Å². The van der Waals surface area contributed by atoms with Gasteiger partial charge < -0.3 is 20.6 Å². The van der Waals surface area contributed by atoms with E-state index in [0.29, 0.717) is 35.8 Å². The van der Waals surface area contributed by atoms with Gasteiger partial charge in [-0.15, -0.1) is 0 Å². The van der Waals surface area contributed by atoms with Gasteiger partial charge in [0.25, 0.3) is 0 Å². The van der Waals surface area contributed by atoms with Crippen LogP contribution in [0.3, 0.4) is 0 Å². The second-order valence-electron chi connectivity index (χ2n) is 9.64. The van der Waals surface area contributed by atoms with E-state index in [-0.39, 0.29) is 17.6 Å². The highest BCUT2D eigenvalue weighted by atomic mass is 16.3. The van der Waals surface area contributed by atoms with Gasteiger partial charge in [0.05, 0.1) is 6.10 Å². The molecule has 0 aliphatic heterocycles. The molecule has 4 heteroatoms. The molecule has 0 bridgehead atoms. The maximum atomic E-state index is 11.3. The lowest BCUT2D eigenvalue weighted by Crippen LogP contribution is -2.46. The second kappa shape index (κ2) is 7.03. The minimum absolute atomic E-state index is 0.0496. The molecule has 3 aliphatic rings. The van der Waals surface area contributed by atoms with Crippen molar-refractivity contribution >= 4 is 0 Å². The Hall–Kier alpha value is -2.04. The zero-order chi connectivity index (χ0) is 20.2. The van der Waals surface area contributed by atoms with Crippen molar-refractivity contribution < 1.29 is 15.3 Å². The van der Waals surface area contributed by atoms with Crippen LogP contribution in [0.2, 0.25) is 0 Å². The van der Waals surface area contributed by atoms with Crippen LogP contribution in [0.5, 0.6) is 11.5 Å². The maximum absolute atomic E-state index is 11.3. The van der Waals surface area contributed by atoms with Crippen LogP contribution in [0.1, 0.15) is 55.2 Å². The summed E-state index contributed by atoms with van der Waals surface area (Å²) in [6.07, 6.45) is 4.93. The highest BCUT2D eigenvalue weighted by Gasteiger charge is 2.57. The summed E-state index contributed by atoms with van der Waals surface area (Å²) in [4.78, 5) is 0. The van der Waals surface area contributed by atoms with Gasteiger partial charge in [-0.3, -0.25) is 0 Å². The molecule has 0 amide bonds. The molecule has 4 nitrogen and oxygen atoms in total. The number of fused-ring (bicyclic) bond motifs is 5. The number of benzene rings is 2. The van der Waals surface area contributed by atoms with E-state index in [4.69, 9.17) is 0 Å². The zero-order valence-electron chi connectivity index (χ0n) is 17.0. The largest absolute Gasteiger partial charge is 0.508 e. The van der Waals surface area contributed by atoms with Gasteiger partial charge in [-0.2, -0.15) is 0 Å². The monoisotopic (exact) mass is 393 g/mol. The van der Waals surface area contributed by atoms with Gasteiger partial charge in [0.1, 0.15) is 11.5 Å². The lowest BCUT2D eigenvalue weighted by Gasteiger charge is -2.50. The fourth-order valence-corrected chi connectivity index (χ4v) is 6.69. The maximum Gasteiger partial charge on any atom is 0.120 e. The molecule has 5 rings (SSSR count). The third-order valence-corrected chi connectivity index (χ3v) is 8.26. The van der Waals surface area contributed by atoms with E-state index < -0.39 is 0 Å². The molecule has 0 spiro atoms. The zero-order valence-corrected chi connectivity index (χ0v) is 17.0. The van der Waals surface area contributed by atoms with Gasteiger partial charge in [0.15, 0.2) is 0 Å². The number of rotatable bonds is 3. The van der Waals surface area contributed by atoms with Gasteiger partial charge in [-0.1, -0.05) is 31.2 Å². The lowest BCUT2D eigenvalue weighted by atomic mass is 9.55. The fraction of sp³-hybridized carbons (Fsp3) is 0.520. The molecule has 2 aromatic rings. The number of hydrogen-bond acceptors (Lipinski definition) is 4.